The first-order valence-electron chi connectivity index (χ1n) is 4.16. The number of nitrogens with one attached hydrogen (secondary N) is 1. The fourth-order valence-corrected chi connectivity index (χ4v) is 1.31. The van der Waals surface area contributed by atoms with Crippen molar-refractivity contribution in [2.24, 2.45) is 0 Å². The van der Waals surface area contributed by atoms with Gasteiger partial charge in [-0.3, -0.25) is 9.89 Å². The highest BCUT2D eigenvalue weighted by Gasteiger charge is 2.21. The maximum atomic E-state index is 11.7. The van der Waals surface area contributed by atoms with E-state index in [9.17, 15) is 4.79 Å². The molecule has 0 saturated carbocycles. The van der Waals surface area contributed by atoms with Gasteiger partial charge in [0.15, 0.2) is 0 Å². The molecule has 1 aromatic rings. The Bertz CT molecular complexity index is 315. The lowest BCUT2D eigenvalue weighted by Gasteiger charge is -2.11. The highest BCUT2D eigenvalue weighted by Crippen LogP contribution is 2.09. The molecule has 0 radical (unpaired) electrons. The van der Waals surface area contributed by atoms with E-state index in [2.05, 4.69) is 10.2 Å². The number of nitrogens with zero attached hydrogens (tertiary/aromatic N) is 2. The smallest absolute Gasteiger partial charge is 0.259 e. The maximum absolute atomic E-state index is 11.7. The number of carbonyl (C=O) groups is 1. The van der Waals surface area contributed by atoms with Crippen molar-refractivity contribution in [2.45, 2.75) is 6.92 Å². The molecule has 0 spiro atoms. The molecule has 1 N–H and O–H groups in total. The second-order valence-corrected chi connectivity index (χ2v) is 3.01. The molecule has 70 valence electrons. The molecule has 1 aromatic heterocycles. The number of aromatic nitrogens is 2. The van der Waals surface area contributed by atoms with Crippen LogP contribution in [0.2, 0.25) is 0 Å². The SMILES string of the molecule is Cc1[nH]ncc1C(=O)N1CCOC1. The Morgan fingerprint density at radius 1 is 1.77 bits per heavy atom. The van der Waals surface area contributed by atoms with E-state index < -0.39 is 0 Å². The monoisotopic (exact) mass is 181 g/mol. The minimum Gasteiger partial charge on any atom is -0.359 e. The van der Waals surface area contributed by atoms with Crippen LogP contribution in [0, 0.1) is 6.92 Å². The van der Waals surface area contributed by atoms with Crippen molar-refractivity contribution in [3.8, 4) is 0 Å². The van der Waals surface area contributed by atoms with Gasteiger partial charge in [0, 0.05) is 12.2 Å². The van der Waals surface area contributed by atoms with Crippen molar-refractivity contribution < 1.29 is 9.53 Å². The van der Waals surface area contributed by atoms with Crippen LogP contribution in [0.25, 0.3) is 0 Å². The van der Waals surface area contributed by atoms with Crippen LogP contribution >= 0.6 is 0 Å². The predicted molar refractivity (Wildman–Crippen MR) is 45.2 cm³/mol. The van der Waals surface area contributed by atoms with Gasteiger partial charge >= 0.3 is 0 Å². The topological polar surface area (TPSA) is 58.2 Å². The summed E-state index contributed by atoms with van der Waals surface area (Å²) in [6.45, 7) is 3.52. The lowest BCUT2D eigenvalue weighted by atomic mass is 10.2. The summed E-state index contributed by atoms with van der Waals surface area (Å²) in [6, 6.07) is 0. The van der Waals surface area contributed by atoms with Crippen LogP contribution in [0.5, 0.6) is 0 Å². The Hall–Kier alpha value is -1.36. The third kappa shape index (κ3) is 1.42. The molecule has 13 heavy (non-hydrogen) atoms. The number of hydrogen-bond acceptors (Lipinski definition) is 3. The minimum absolute atomic E-state index is 0.0104. The van der Waals surface area contributed by atoms with Gasteiger partial charge in [0.2, 0.25) is 0 Å². The summed E-state index contributed by atoms with van der Waals surface area (Å²) in [4.78, 5) is 13.4. The van der Waals surface area contributed by atoms with Gasteiger partial charge in [-0.15, -0.1) is 0 Å². The average molecular weight is 181 g/mol. The van der Waals surface area contributed by atoms with Crippen molar-refractivity contribution in [1.82, 2.24) is 15.1 Å². The van der Waals surface area contributed by atoms with Crippen molar-refractivity contribution in [3.63, 3.8) is 0 Å². The van der Waals surface area contributed by atoms with E-state index in [1.165, 1.54) is 0 Å². The summed E-state index contributed by atoms with van der Waals surface area (Å²) >= 11 is 0. The zero-order valence-electron chi connectivity index (χ0n) is 7.41. The van der Waals surface area contributed by atoms with Gasteiger partial charge in [-0.25, -0.2) is 0 Å². The van der Waals surface area contributed by atoms with Crippen LogP contribution in [-0.2, 0) is 4.74 Å². The highest BCUT2D eigenvalue weighted by molar-refractivity contribution is 5.95. The summed E-state index contributed by atoms with van der Waals surface area (Å²) in [7, 11) is 0. The van der Waals surface area contributed by atoms with Gasteiger partial charge in [-0.05, 0) is 6.92 Å². The second-order valence-electron chi connectivity index (χ2n) is 3.01. The van der Waals surface area contributed by atoms with E-state index in [1.54, 1.807) is 11.1 Å². The summed E-state index contributed by atoms with van der Waals surface area (Å²) < 4.78 is 5.09. The van der Waals surface area contributed by atoms with Gasteiger partial charge in [0.05, 0.1) is 18.4 Å². The van der Waals surface area contributed by atoms with E-state index in [0.717, 1.165) is 5.69 Å². The van der Waals surface area contributed by atoms with E-state index in [4.69, 9.17) is 4.74 Å². The van der Waals surface area contributed by atoms with Crippen LogP contribution in [-0.4, -0.2) is 40.9 Å². The molecule has 0 bridgehead atoms. The lowest BCUT2D eigenvalue weighted by Crippen LogP contribution is -2.28. The first-order chi connectivity index (χ1) is 6.29. The normalized spacial score (nSPS) is 16.5. The summed E-state index contributed by atoms with van der Waals surface area (Å²) in [5.74, 6) is -0.0104. The zero-order chi connectivity index (χ0) is 9.26. The summed E-state index contributed by atoms with van der Waals surface area (Å²) in [5, 5.41) is 6.54. The van der Waals surface area contributed by atoms with Crippen molar-refractivity contribution in [1.29, 1.82) is 0 Å². The largest absolute Gasteiger partial charge is 0.359 e. The number of rotatable bonds is 1. The molecule has 1 aliphatic rings. The van der Waals surface area contributed by atoms with E-state index in [0.29, 0.717) is 25.4 Å². The minimum atomic E-state index is -0.0104. The molecule has 2 heterocycles. The van der Waals surface area contributed by atoms with E-state index >= 15 is 0 Å². The molecule has 5 heteroatoms. The Morgan fingerprint density at radius 3 is 3.15 bits per heavy atom. The molecule has 0 aromatic carbocycles. The fraction of sp³-hybridized carbons (Fsp3) is 0.500. The van der Waals surface area contributed by atoms with Gasteiger partial charge in [-0.1, -0.05) is 0 Å². The van der Waals surface area contributed by atoms with Gasteiger partial charge < -0.3 is 9.64 Å². The predicted octanol–water partition coefficient (Wildman–Crippen LogP) is 0.148. The molecule has 1 amide bonds. The fourth-order valence-electron chi connectivity index (χ4n) is 1.31. The van der Waals surface area contributed by atoms with Crippen molar-refractivity contribution in [3.05, 3.63) is 17.5 Å². The van der Waals surface area contributed by atoms with Crippen molar-refractivity contribution >= 4 is 5.91 Å². The second kappa shape index (κ2) is 3.18. The number of hydrogen-bond donors (Lipinski definition) is 1. The summed E-state index contributed by atoms with van der Waals surface area (Å²) in [5.41, 5.74) is 1.43. The van der Waals surface area contributed by atoms with Crippen LogP contribution in [0.3, 0.4) is 0 Å². The van der Waals surface area contributed by atoms with Crippen molar-refractivity contribution in [2.75, 3.05) is 19.9 Å². The van der Waals surface area contributed by atoms with Crippen LogP contribution < -0.4 is 0 Å². The molecule has 1 aliphatic heterocycles. The van der Waals surface area contributed by atoms with Crippen LogP contribution in [0.15, 0.2) is 6.20 Å². The average Bonchev–Trinajstić information content (AvgIpc) is 2.72. The van der Waals surface area contributed by atoms with Gasteiger partial charge in [-0.2, -0.15) is 5.10 Å². The lowest BCUT2D eigenvalue weighted by molar-refractivity contribution is 0.0694. The number of aryl methyl sites for hydroxylation is 1. The molecule has 0 unspecified atom stereocenters. The standard InChI is InChI=1S/C8H11N3O2/c1-6-7(4-9-10-6)8(12)11-2-3-13-5-11/h4H,2-3,5H2,1H3,(H,9,10). The molecule has 1 saturated heterocycles. The van der Waals surface area contributed by atoms with Gasteiger partial charge in [0.25, 0.3) is 5.91 Å². The number of ether oxygens (including phenoxy) is 1. The quantitative estimate of drug-likeness (QED) is 0.670. The zero-order valence-corrected chi connectivity index (χ0v) is 7.41. The molecule has 2 rings (SSSR count). The van der Waals surface area contributed by atoms with Gasteiger partial charge in [0.1, 0.15) is 6.73 Å². The Kier molecular flexibility index (Phi) is 2.02. The highest BCUT2D eigenvalue weighted by atomic mass is 16.5. The molecule has 0 atom stereocenters. The third-order valence-corrected chi connectivity index (χ3v) is 2.10. The maximum Gasteiger partial charge on any atom is 0.259 e. The Balaban J connectivity index is 2.17. The third-order valence-electron chi connectivity index (χ3n) is 2.10. The van der Waals surface area contributed by atoms with Crippen LogP contribution in [0.4, 0.5) is 0 Å². The Labute approximate surface area is 75.7 Å². The number of aromatic amines is 1. The number of carbonyl (C=O) groups excluding carboxylic acids is 1. The van der Waals surface area contributed by atoms with E-state index in [1.807, 2.05) is 6.92 Å². The first-order valence-corrected chi connectivity index (χ1v) is 4.16. The Morgan fingerprint density at radius 2 is 2.62 bits per heavy atom. The summed E-state index contributed by atoms with van der Waals surface area (Å²) in [6.07, 6.45) is 1.55. The molecule has 1 fully saturated rings. The number of amides is 1. The molecule has 5 nitrogen and oxygen atoms in total. The molecular weight excluding hydrogens is 170 g/mol. The number of H-pyrrole nitrogens is 1. The first kappa shape index (κ1) is 8.25. The molecule has 0 aliphatic carbocycles. The van der Waals surface area contributed by atoms with E-state index in [-0.39, 0.29) is 5.91 Å². The molecular formula is C8H11N3O2. The van der Waals surface area contributed by atoms with Crippen LogP contribution in [0.1, 0.15) is 16.1 Å².